The van der Waals surface area contributed by atoms with Gasteiger partial charge in [-0.15, -0.1) is 0 Å². The minimum atomic E-state index is -4.61. The van der Waals surface area contributed by atoms with E-state index in [9.17, 15) is 17.6 Å². The summed E-state index contributed by atoms with van der Waals surface area (Å²) >= 11 is 11.1. The summed E-state index contributed by atoms with van der Waals surface area (Å²) in [6, 6.07) is 18.9. The SMILES string of the molecule is Fc1ccccc1CN(Cc1ccccc1)C(=S)Nc1ccc(Cl)cc1C(F)(F)F. The van der Waals surface area contributed by atoms with E-state index in [1.54, 1.807) is 23.1 Å². The van der Waals surface area contributed by atoms with Gasteiger partial charge in [-0.05, 0) is 42.0 Å². The first-order valence-corrected chi connectivity index (χ1v) is 9.72. The Kier molecular flexibility index (Phi) is 6.95. The van der Waals surface area contributed by atoms with Gasteiger partial charge < -0.3 is 10.2 Å². The second-order valence-corrected chi connectivity index (χ2v) is 7.37. The Labute approximate surface area is 182 Å². The highest BCUT2D eigenvalue weighted by Crippen LogP contribution is 2.36. The lowest BCUT2D eigenvalue weighted by molar-refractivity contribution is -0.136. The zero-order chi connectivity index (χ0) is 21.7. The van der Waals surface area contributed by atoms with Crippen molar-refractivity contribution in [3.05, 3.63) is 100 Å². The molecule has 3 rings (SSSR count). The molecule has 3 aromatic carbocycles. The van der Waals surface area contributed by atoms with Crippen LogP contribution < -0.4 is 5.32 Å². The third kappa shape index (κ3) is 5.70. The molecule has 156 valence electrons. The van der Waals surface area contributed by atoms with Crippen LogP contribution in [-0.4, -0.2) is 10.0 Å². The number of hydrogen-bond donors (Lipinski definition) is 1. The molecule has 2 nitrogen and oxygen atoms in total. The number of anilines is 1. The lowest BCUT2D eigenvalue weighted by Gasteiger charge is -2.27. The monoisotopic (exact) mass is 452 g/mol. The fourth-order valence-corrected chi connectivity index (χ4v) is 3.30. The van der Waals surface area contributed by atoms with Gasteiger partial charge in [-0.2, -0.15) is 13.2 Å². The molecule has 3 aromatic rings. The quantitative estimate of drug-likeness (QED) is 0.335. The van der Waals surface area contributed by atoms with Gasteiger partial charge in [0.1, 0.15) is 5.82 Å². The molecular weight excluding hydrogens is 436 g/mol. The molecule has 0 aliphatic carbocycles. The van der Waals surface area contributed by atoms with E-state index in [1.807, 2.05) is 30.3 Å². The van der Waals surface area contributed by atoms with E-state index < -0.39 is 17.6 Å². The number of hydrogen-bond acceptors (Lipinski definition) is 1. The predicted octanol–water partition coefficient (Wildman–Crippen LogP) is 6.90. The van der Waals surface area contributed by atoms with Gasteiger partial charge in [0.05, 0.1) is 11.3 Å². The maximum Gasteiger partial charge on any atom is 0.418 e. The van der Waals surface area contributed by atoms with Crippen LogP contribution in [0.2, 0.25) is 5.02 Å². The van der Waals surface area contributed by atoms with Crippen LogP contribution in [0.25, 0.3) is 0 Å². The minimum absolute atomic E-state index is 0.0358. The van der Waals surface area contributed by atoms with E-state index in [0.717, 1.165) is 11.6 Å². The Bertz CT molecular complexity index is 1030. The van der Waals surface area contributed by atoms with Crippen molar-refractivity contribution in [3.63, 3.8) is 0 Å². The lowest BCUT2D eigenvalue weighted by Crippen LogP contribution is -2.34. The largest absolute Gasteiger partial charge is 0.418 e. The first kappa shape index (κ1) is 22.1. The normalized spacial score (nSPS) is 11.2. The van der Waals surface area contributed by atoms with Gasteiger partial charge in [-0.25, -0.2) is 4.39 Å². The van der Waals surface area contributed by atoms with Crippen molar-refractivity contribution < 1.29 is 17.6 Å². The summed E-state index contributed by atoms with van der Waals surface area (Å²) < 4.78 is 54.5. The number of halogens is 5. The van der Waals surface area contributed by atoms with Gasteiger partial charge in [0.25, 0.3) is 0 Å². The molecule has 0 unspecified atom stereocenters. The first-order valence-electron chi connectivity index (χ1n) is 8.94. The molecule has 0 bridgehead atoms. The Morgan fingerprint density at radius 2 is 1.60 bits per heavy atom. The number of benzene rings is 3. The topological polar surface area (TPSA) is 15.3 Å². The van der Waals surface area contributed by atoms with Gasteiger partial charge in [0.15, 0.2) is 5.11 Å². The van der Waals surface area contributed by atoms with E-state index >= 15 is 0 Å². The molecule has 0 fully saturated rings. The summed E-state index contributed by atoms with van der Waals surface area (Å²) in [6.07, 6.45) is -4.61. The van der Waals surface area contributed by atoms with Crippen molar-refractivity contribution >= 4 is 34.6 Å². The van der Waals surface area contributed by atoms with Gasteiger partial charge in [0, 0.05) is 23.7 Å². The van der Waals surface area contributed by atoms with E-state index in [2.05, 4.69) is 5.32 Å². The number of nitrogens with one attached hydrogen (secondary N) is 1. The van der Waals surface area contributed by atoms with E-state index in [4.69, 9.17) is 23.8 Å². The Morgan fingerprint density at radius 3 is 2.27 bits per heavy atom. The van der Waals surface area contributed by atoms with Crippen molar-refractivity contribution in [2.45, 2.75) is 19.3 Å². The maximum atomic E-state index is 14.2. The number of nitrogens with zero attached hydrogens (tertiary/aromatic N) is 1. The Morgan fingerprint density at radius 1 is 0.933 bits per heavy atom. The summed E-state index contributed by atoms with van der Waals surface area (Å²) in [5, 5.41) is 2.66. The molecule has 1 N–H and O–H groups in total. The molecule has 30 heavy (non-hydrogen) atoms. The molecule has 0 saturated heterocycles. The zero-order valence-corrected chi connectivity index (χ0v) is 17.2. The van der Waals surface area contributed by atoms with Crippen molar-refractivity contribution in [1.29, 1.82) is 0 Å². The van der Waals surface area contributed by atoms with Gasteiger partial charge in [-0.1, -0.05) is 60.1 Å². The van der Waals surface area contributed by atoms with Crippen molar-refractivity contribution in [2.75, 3.05) is 5.32 Å². The molecule has 0 atom stereocenters. The van der Waals surface area contributed by atoms with Crippen LogP contribution >= 0.6 is 23.8 Å². The van der Waals surface area contributed by atoms with Gasteiger partial charge in [0.2, 0.25) is 0 Å². The summed E-state index contributed by atoms with van der Waals surface area (Å²) in [4.78, 5) is 1.61. The number of rotatable bonds is 5. The second-order valence-electron chi connectivity index (χ2n) is 6.55. The third-order valence-electron chi connectivity index (χ3n) is 4.35. The molecule has 0 saturated carbocycles. The summed E-state index contributed by atoms with van der Waals surface area (Å²) in [5.74, 6) is -0.416. The molecule has 0 aromatic heterocycles. The number of alkyl halides is 3. The summed E-state index contributed by atoms with van der Waals surface area (Å²) in [6.45, 7) is 0.373. The third-order valence-corrected chi connectivity index (χ3v) is 4.95. The molecule has 0 aliphatic heterocycles. The van der Waals surface area contributed by atoms with Crippen LogP contribution in [-0.2, 0) is 19.3 Å². The van der Waals surface area contributed by atoms with Crippen LogP contribution in [0.15, 0.2) is 72.8 Å². The van der Waals surface area contributed by atoms with E-state index in [1.165, 1.54) is 18.2 Å². The van der Waals surface area contributed by atoms with Crippen molar-refractivity contribution in [2.24, 2.45) is 0 Å². The lowest BCUT2D eigenvalue weighted by atomic mass is 10.1. The molecule has 0 spiro atoms. The Balaban J connectivity index is 1.90. The predicted molar refractivity (Wildman–Crippen MR) is 115 cm³/mol. The van der Waals surface area contributed by atoms with Gasteiger partial charge in [-0.3, -0.25) is 0 Å². The molecular formula is C22H17ClF4N2S. The van der Waals surface area contributed by atoms with Gasteiger partial charge >= 0.3 is 6.18 Å². The van der Waals surface area contributed by atoms with Crippen LogP contribution in [0.5, 0.6) is 0 Å². The standard InChI is InChI=1S/C22H17ClF4N2S/c23-17-10-11-20(18(12-17)22(25,26)27)28-21(30)29(13-15-6-2-1-3-7-15)14-16-8-4-5-9-19(16)24/h1-12H,13-14H2,(H,28,30). The second kappa shape index (κ2) is 9.45. The average Bonchev–Trinajstić information content (AvgIpc) is 2.70. The minimum Gasteiger partial charge on any atom is -0.340 e. The highest BCUT2D eigenvalue weighted by atomic mass is 35.5. The molecule has 8 heteroatoms. The average molecular weight is 453 g/mol. The fraction of sp³-hybridized carbons (Fsp3) is 0.136. The maximum absolute atomic E-state index is 14.2. The molecule has 0 radical (unpaired) electrons. The highest BCUT2D eigenvalue weighted by molar-refractivity contribution is 7.80. The smallest absolute Gasteiger partial charge is 0.340 e. The van der Waals surface area contributed by atoms with Crippen LogP contribution in [0.3, 0.4) is 0 Å². The van der Waals surface area contributed by atoms with E-state index in [0.29, 0.717) is 5.56 Å². The molecule has 0 amide bonds. The highest BCUT2D eigenvalue weighted by Gasteiger charge is 2.34. The Hall–Kier alpha value is -2.64. The number of thiocarbonyl (C=S) groups is 1. The zero-order valence-electron chi connectivity index (χ0n) is 15.6. The van der Waals surface area contributed by atoms with E-state index in [-0.39, 0.29) is 28.9 Å². The fourth-order valence-electron chi connectivity index (χ4n) is 2.89. The van der Waals surface area contributed by atoms with Crippen LogP contribution in [0.1, 0.15) is 16.7 Å². The van der Waals surface area contributed by atoms with Crippen LogP contribution in [0.4, 0.5) is 23.2 Å². The van der Waals surface area contributed by atoms with Crippen LogP contribution in [0, 0.1) is 5.82 Å². The van der Waals surface area contributed by atoms with Crippen molar-refractivity contribution in [3.8, 4) is 0 Å². The summed E-state index contributed by atoms with van der Waals surface area (Å²) in [5.41, 5.74) is 0.112. The molecule has 0 aliphatic rings. The molecule has 0 heterocycles. The van der Waals surface area contributed by atoms with Crippen molar-refractivity contribution in [1.82, 2.24) is 4.90 Å². The first-order chi connectivity index (χ1) is 14.2. The summed E-state index contributed by atoms with van der Waals surface area (Å²) in [7, 11) is 0.